The quantitative estimate of drug-likeness (QED) is 0.799. The minimum atomic E-state index is 0.792. The highest BCUT2D eigenvalue weighted by atomic mass is 79.9. The molecule has 0 amide bonds. The number of benzene rings is 1. The average molecular weight is 322 g/mol. The Kier molecular flexibility index (Phi) is 5.24. The zero-order valence-electron chi connectivity index (χ0n) is 11.4. The molecule has 102 valence electrons. The Hall–Kier alpha value is -1.05. The molecule has 0 aliphatic carbocycles. The molecule has 0 atom stereocenters. The highest BCUT2D eigenvalue weighted by molar-refractivity contribution is 9.08. The fourth-order valence-corrected chi connectivity index (χ4v) is 2.91. The third-order valence-electron chi connectivity index (χ3n) is 3.59. The molecule has 1 saturated heterocycles. The van der Waals surface area contributed by atoms with Crippen molar-refractivity contribution >= 4 is 21.6 Å². The van der Waals surface area contributed by atoms with Gasteiger partial charge in [0.1, 0.15) is 6.07 Å². The first-order valence-corrected chi connectivity index (χ1v) is 7.97. The number of rotatable bonds is 4. The van der Waals surface area contributed by atoms with Crippen molar-refractivity contribution in [2.24, 2.45) is 0 Å². The van der Waals surface area contributed by atoms with Crippen LogP contribution in [0.15, 0.2) is 18.2 Å². The van der Waals surface area contributed by atoms with Crippen molar-refractivity contribution < 1.29 is 0 Å². The van der Waals surface area contributed by atoms with E-state index in [0.717, 1.165) is 48.3 Å². The molecule has 1 fully saturated rings. The lowest BCUT2D eigenvalue weighted by Crippen LogP contribution is -2.46. The van der Waals surface area contributed by atoms with Gasteiger partial charge in [-0.3, -0.25) is 4.90 Å². The number of anilines is 1. The molecule has 0 unspecified atom stereocenters. The van der Waals surface area contributed by atoms with Crippen LogP contribution in [0.25, 0.3) is 0 Å². The largest absolute Gasteiger partial charge is 0.368 e. The maximum Gasteiger partial charge on any atom is 0.101 e. The summed E-state index contributed by atoms with van der Waals surface area (Å²) in [7, 11) is 0. The van der Waals surface area contributed by atoms with Gasteiger partial charge in [-0.2, -0.15) is 5.26 Å². The van der Waals surface area contributed by atoms with Crippen LogP contribution in [0.3, 0.4) is 0 Å². The second kappa shape index (κ2) is 6.93. The van der Waals surface area contributed by atoms with E-state index in [-0.39, 0.29) is 0 Å². The summed E-state index contributed by atoms with van der Waals surface area (Å²) in [5.74, 6) is 0. The zero-order chi connectivity index (χ0) is 13.7. The number of nitriles is 1. The Morgan fingerprint density at radius 3 is 2.58 bits per heavy atom. The lowest BCUT2D eigenvalue weighted by Gasteiger charge is -2.36. The molecule has 3 nitrogen and oxygen atoms in total. The second-order valence-electron chi connectivity index (χ2n) is 4.93. The van der Waals surface area contributed by atoms with Crippen LogP contribution >= 0.6 is 15.9 Å². The van der Waals surface area contributed by atoms with Gasteiger partial charge in [-0.05, 0) is 30.7 Å². The maximum atomic E-state index is 9.30. The first-order chi connectivity index (χ1) is 9.28. The van der Waals surface area contributed by atoms with E-state index in [0.29, 0.717) is 0 Å². The predicted octanol–water partition coefficient (Wildman–Crippen LogP) is 2.99. The van der Waals surface area contributed by atoms with Crippen LogP contribution in [0.4, 0.5) is 5.69 Å². The Balaban J connectivity index is 2.09. The van der Waals surface area contributed by atoms with Gasteiger partial charge in [-0.25, -0.2) is 0 Å². The van der Waals surface area contributed by atoms with Crippen molar-refractivity contribution in [3.8, 4) is 6.07 Å². The monoisotopic (exact) mass is 321 g/mol. The molecule has 4 heteroatoms. The second-order valence-corrected chi connectivity index (χ2v) is 5.49. The van der Waals surface area contributed by atoms with E-state index in [9.17, 15) is 5.26 Å². The van der Waals surface area contributed by atoms with Gasteiger partial charge in [0.05, 0.1) is 11.3 Å². The minimum absolute atomic E-state index is 0.792. The van der Waals surface area contributed by atoms with Crippen LogP contribution in [0.2, 0.25) is 0 Å². The van der Waals surface area contributed by atoms with Crippen LogP contribution < -0.4 is 4.90 Å². The van der Waals surface area contributed by atoms with Crippen LogP contribution in [0.5, 0.6) is 0 Å². The lowest BCUT2D eigenvalue weighted by atomic mass is 10.1. The van der Waals surface area contributed by atoms with E-state index < -0.39 is 0 Å². The third kappa shape index (κ3) is 3.49. The number of nitrogens with zero attached hydrogens (tertiary/aromatic N) is 3. The molecular weight excluding hydrogens is 302 g/mol. The number of hydrogen-bond donors (Lipinski definition) is 0. The number of alkyl halides is 1. The summed E-state index contributed by atoms with van der Waals surface area (Å²) in [5, 5.41) is 10.1. The van der Waals surface area contributed by atoms with Gasteiger partial charge in [-0.1, -0.05) is 28.9 Å². The lowest BCUT2D eigenvalue weighted by molar-refractivity contribution is 0.258. The van der Waals surface area contributed by atoms with Crippen molar-refractivity contribution in [3.05, 3.63) is 29.3 Å². The molecule has 1 aliphatic rings. The summed E-state index contributed by atoms with van der Waals surface area (Å²) in [5.41, 5.74) is 3.04. The van der Waals surface area contributed by atoms with Crippen molar-refractivity contribution in [2.75, 3.05) is 37.6 Å². The first kappa shape index (κ1) is 14.4. The SMILES string of the molecule is CCCN1CCN(c2ccc(CBr)cc2C#N)CC1. The predicted molar refractivity (Wildman–Crippen MR) is 82.7 cm³/mol. The highest BCUT2D eigenvalue weighted by Gasteiger charge is 2.18. The Bertz CT molecular complexity index is 459. The normalized spacial score (nSPS) is 16.4. The van der Waals surface area contributed by atoms with Crippen LogP contribution in [0.1, 0.15) is 24.5 Å². The van der Waals surface area contributed by atoms with E-state index in [1.165, 1.54) is 13.0 Å². The Labute approximate surface area is 123 Å². The van der Waals surface area contributed by atoms with Gasteiger partial charge in [0.2, 0.25) is 0 Å². The van der Waals surface area contributed by atoms with Gasteiger partial charge in [0.15, 0.2) is 0 Å². The van der Waals surface area contributed by atoms with Crippen molar-refractivity contribution in [2.45, 2.75) is 18.7 Å². The fraction of sp³-hybridized carbons (Fsp3) is 0.533. The van der Waals surface area contributed by atoms with E-state index >= 15 is 0 Å². The van der Waals surface area contributed by atoms with Crippen molar-refractivity contribution in [3.63, 3.8) is 0 Å². The smallest absolute Gasteiger partial charge is 0.101 e. The van der Waals surface area contributed by atoms with Crippen LogP contribution in [0, 0.1) is 11.3 Å². The van der Waals surface area contributed by atoms with Crippen molar-refractivity contribution in [1.82, 2.24) is 4.90 Å². The molecule has 19 heavy (non-hydrogen) atoms. The summed E-state index contributed by atoms with van der Waals surface area (Å²) in [6.45, 7) is 7.63. The summed E-state index contributed by atoms with van der Waals surface area (Å²) in [6, 6.07) is 8.50. The first-order valence-electron chi connectivity index (χ1n) is 6.84. The van der Waals surface area contributed by atoms with Gasteiger partial charge >= 0.3 is 0 Å². The molecule has 1 heterocycles. The van der Waals surface area contributed by atoms with Crippen molar-refractivity contribution in [1.29, 1.82) is 5.26 Å². The molecule has 0 bridgehead atoms. The highest BCUT2D eigenvalue weighted by Crippen LogP contribution is 2.23. The van der Waals surface area contributed by atoms with Crippen LogP contribution in [-0.2, 0) is 5.33 Å². The van der Waals surface area contributed by atoms with E-state index in [2.05, 4.69) is 50.9 Å². The number of piperazine rings is 1. The average Bonchev–Trinajstić information content (AvgIpc) is 2.48. The van der Waals surface area contributed by atoms with Gasteiger partial charge in [-0.15, -0.1) is 0 Å². The zero-order valence-corrected chi connectivity index (χ0v) is 13.0. The fourth-order valence-electron chi connectivity index (χ4n) is 2.56. The molecule has 1 aromatic carbocycles. The summed E-state index contributed by atoms with van der Waals surface area (Å²) < 4.78 is 0. The molecular formula is C15H20BrN3. The topological polar surface area (TPSA) is 30.3 Å². The maximum absolute atomic E-state index is 9.30. The van der Waals surface area contributed by atoms with Crippen LogP contribution in [-0.4, -0.2) is 37.6 Å². The van der Waals surface area contributed by atoms with E-state index in [1.54, 1.807) is 0 Å². The Morgan fingerprint density at radius 1 is 1.26 bits per heavy atom. The minimum Gasteiger partial charge on any atom is -0.368 e. The molecule has 1 aromatic rings. The third-order valence-corrected chi connectivity index (χ3v) is 4.24. The molecule has 2 rings (SSSR count). The molecule has 1 aliphatic heterocycles. The summed E-state index contributed by atoms with van der Waals surface area (Å²) in [4.78, 5) is 4.83. The Morgan fingerprint density at radius 2 is 2.00 bits per heavy atom. The molecule has 0 N–H and O–H groups in total. The molecule has 0 spiro atoms. The summed E-state index contributed by atoms with van der Waals surface area (Å²) in [6.07, 6.45) is 1.21. The molecule has 0 radical (unpaired) electrons. The van der Waals surface area contributed by atoms with Gasteiger partial charge in [0, 0.05) is 31.5 Å². The van der Waals surface area contributed by atoms with E-state index in [4.69, 9.17) is 0 Å². The molecule has 0 aromatic heterocycles. The molecule has 0 saturated carbocycles. The standard InChI is InChI=1S/C15H20BrN3/c1-2-5-18-6-8-19(9-7-18)15-4-3-13(11-16)10-14(15)12-17/h3-4,10H,2,5-9,11H2,1H3. The van der Waals surface area contributed by atoms with Gasteiger partial charge < -0.3 is 4.90 Å². The summed E-state index contributed by atoms with van der Waals surface area (Å²) >= 11 is 3.44. The van der Waals surface area contributed by atoms with E-state index in [1.807, 2.05) is 6.07 Å². The number of halogens is 1. The number of hydrogen-bond acceptors (Lipinski definition) is 3. The van der Waals surface area contributed by atoms with Gasteiger partial charge in [0.25, 0.3) is 0 Å².